The SMILES string of the molecule is O=C(NCc1c(O)ccc2c1CCCC2)[C@H]1COc2ccccc2O1. The van der Waals surface area contributed by atoms with E-state index in [2.05, 4.69) is 5.32 Å². The number of ether oxygens (including phenoxy) is 2. The minimum absolute atomic E-state index is 0.182. The standard InChI is InChI=1S/C20H21NO4/c22-16-10-9-13-5-1-2-6-14(13)15(16)11-21-20(23)19-12-24-17-7-3-4-8-18(17)25-19/h3-4,7-10,19,22H,1-2,5-6,11-12H2,(H,21,23)/t19-/m1/s1. The molecule has 1 aliphatic heterocycles. The normalized spacial score (nSPS) is 18.3. The summed E-state index contributed by atoms with van der Waals surface area (Å²) in [6.07, 6.45) is 3.60. The second-order valence-corrected chi connectivity index (χ2v) is 6.49. The number of carbonyl (C=O) groups excluding carboxylic acids is 1. The molecule has 0 fully saturated rings. The van der Waals surface area contributed by atoms with Gasteiger partial charge in [0.15, 0.2) is 11.5 Å². The molecule has 2 aromatic carbocycles. The van der Waals surface area contributed by atoms with Crippen molar-refractivity contribution in [1.29, 1.82) is 0 Å². The second-order valence-electron chi connectivity index (χ2n) is 6.49. The van der Waals surface area contributed by atoms with E-state index >= 15 is 0 Å². The Hall–Kier alpha value is -2.69. The van der Waals surface area contributed by atoms with Gasteiger partial charge in [-0.25, -0.2) is 0 Å². The average Bonchev–Trinajstić information content (AvgIpc) is 2.66. The summed E-state index contributed by atoms with van der Waals surface area (Å²) in [7, 11) is 0. The molecule has 4 rings (SSSR count). The van der Waals surface area contributed by atoms with E-state index in [0.717, 1.165) is 24.8 Å². The number of amides is 1. The highest BCUT2D eigenvalue weighted by molar-refractivity contribution is 5.81. The third-order valence-electron chi connectivity index (χ3n) is 4.87. The monoisotopic (exact) mass is 339 g/mol. The topological polar surface area (TPSA) is 67.8 Å². The molecule has 1 atom stereocenters. The van der Waals surface area contributed by atoms with Crippen molar-refractivity contribution in [2.45, 2.75) is 38.3 Å². The van der Waals surface area contributed by atoms with Crippen LogP contribution in [0.15, 0.2) is 36.4 Å². The van der Waals surface area contributed by atoms with Gasteiger partial charge in [-0.05, 0) is 55.0 Å². The summed E-state index contributed by atoms with van der Waals surface area (Å²) in [6.45, 7) is 0.483. The molecule has 2 N–H and O–H groups in total. The average molecular weight is 339 g/mol. The fourth-order valence-corrected chi connectivity index (χ4v) is 3.53. The van der Waals surface area contributed by atoms with Crippen molar-refractivity contribution >= 4 is 5.91 Å². The van der Waals surface area contributed by atoms with E-state index in [0.29, 0.717) is 18.0 Å². The first kappa shape index (κ1) is 15.8. The van der Waals surface area contributed by atoms with Crippen molar-refractivity contribution in [1.82, 2.24) is 5.32 Å². The summed E-state index contributed by atoms with van der Waals surface area (Å²) in [5, 5.41) is 13.1. The largest absolute Gasteiger partial charge is 0.508 e. The predicted molar refractivity (Wildman–Crippen MR) is 92.9 cm³/mol. The summed E-state index contributed by atoms with van der Waals surface area (Å²) >= 11 is 0. The first-order chi connectivity index (χ1) is 12.2. The highest BCUT2D eigenvalue weighted by Crippen LogP contribution is 2.32. The predicted octanol–water partition coefficient (Wildman–Crippen LogP) is 2.73. The molecule has 2 aromatic rings. The molecule has 0 spiro atoms. The van der Waals surface area contributed by atoms with Crippen molar-refractivity contribution in [3.63, 3.8) is 0 Å². The van der Waals surface area contributed by atoms with E-state index in [1.165, 1.54) is 17.5 Å². The van der Waals surface area contributed by atoms with Crippen LogP contribution in [0.5, 0.6) is 17.2 Å². The zero-order chi connectivity index (χ0) is 17.2. The van der Waals surface area contributed by atoms with Gasteiger partial charge in [0.25, 0.3) is 5.91 Å². The zero-order valence-electron chi connectivity index (χ0n) is 14.0. The third kappa shape index (κ3) is 3.14. The number of fused-ring (bicyclic) bond motifs is 2. The van der Waals surface area contributed by atoms with Crippen LogP contribution in [0.2, 0.25) is 0 Å². The summed E-state index contributed by atoms with van der Waals surface area (Å²) in [5.74, 6) is 1.24. The van der Waals surface area contributed by atoms with E-state index in [4.69, 9.17) is 9.47 Å². The van der Waals surface area contributed by atoms with Crippen molar-refractivity contribution in [2.75, 3.05) is 6.61 Å². The summed E-state index contributed by atoms with van der Waals surface area (Å²) in [4.78, 5) is 12.5. The number of aryl methyl sites for hydroxylation is 1. The number of phenolic OH excluding ortho intramolecular Hbond substituents is 1. The molecule has 5 heteroatoms. The lowest BCUT2D eigenvalue weighted by molar-refractivity contribution is -0.130. The maximum absolute atomic E-state index is 12.5. The van der Waals surface area contributed by atoms with Gasteiger partial charge in [0.2, 0.25) is 6.10 Å². The van der Waals surface area contributed by atoms with Crippen molar-refractivity contribution in [3.8, 4) is 17.2 Å². The number of carbonyl (C=O) groups is 1. The molecule has 0 unspecified atom stereocenters. The summed E-state index contributed by atoms with van der Waals surface area (Å²) < 4.78 is 11.3. The van der Waals surface area contributed by atoms with E-state index in [9.17, 15) is 9.90 Å². The van der Waals surface area contributed by atoms with Crippen LogP contribution in [0, 0.1) is 0 Å². The number of para-hydroxylation sites is 2. The number of aromatic hydroxyl groups is 1. The molecule has 1 aliphatic carbocycles. The Kier molecular flexibility index (Phi) is 4.22. The number of phenols is 1. The Morgan fingerprint density at radius 2 is 1.92 bits per heavy atom. The first-order valence-electron chi connectivity index (χ1n) is 8.71. The fraction of sp³-hybridized carbons (Fsp3) is 0.350. The highest BCUT2D eigenvalue weighted by atomic mass is 16.6. The lowest BCUT2D eigenvalue weighted by atomic mass is 9.87. The third-order valence-corrected chi connectivity index (χ3v) is 4.87. The molecule has 0 aromatic heterocycles. The maximum Gasteiger partial charge on any atom is 0.264 e. The van der Waals surface area contributed by atoms with Crippen LogP contribution in [-0.2, 0) is 24.2 Å². The second kappa shape index (κ2) is 6.67. The van der Waals surface area contributed by atoms with Crippen molar-refractivity contribution in [3.05, 3.63) is 53.1 Å². The van der Waals surface area contributed by atoms with E-state index < -0.39 is 6.10 Å². The van der Waals surface area contributed by atoms with Gasteiger partial charge in [-0.1, -0.05) is 18.2 Å². The molecule has 0 saturated heterocycles. The van der Waals surface area contributed by atoms with Crippen LogP contribution in [0.1, 0.15) is 29.5 Å². The Morgan fingerprint density at radius 3 is 2.80 bits per heavy atom. The van der Waals surface area contributed by atoms with Crippen molar-refractivity contribution in [2.24, 2.45) is 0 Å². The van der Waals surface area contributed by atoms with Gasteiger partial charge in [-0.2, -0.15) is 0 Å². The number of rotatable bonds is 3. The summed E-state index contributed by atoms with van der Waals surface area (Å²) in [6, 6.07) is 11.0. The molecule has 1 amide bonds. The molecule has 0 saturated carbocycles. The zero-order valence-corrected chi connectivity index (χ0v) is 14.0. The van der Waals surface area contributed by atoms with E-state index in [1.54, 1.807) is 12.1 Å². The number of nitrogens with one attached hydrogen (secondary N) is 1. The Morgan fingerprint density at radius 1 is 1.12 bits per heavy atom. The molecule has 25 heavy (non-hydrogen) atoms. The molecular formula is C20H21NO4. The molecule has 130 valence electrons. The first-order valence-corrected chi connectivity index (χ1v) is 8.71. The van der Waals surface area contributed by atoms with Gasteiger partial charge in [0.05, 0.1) is 0 Å². The van der Waals surface area contributed by atoms with Gasteiger partial charge in [-0.15, -0.1) is 0 Å². The van der Waals surface area contributed by atoms with Crippen LogP contribution in [-0.4, -0.2) is 23.7 Å². The quantitative estimate of drug-likeness (QED) is 0.902. The Bertz CT molecular complexity index is 802. The van der Waals surface area contributed by atoms with E-state index in [-0.39, 0.29) is 18.3 Å². The summed E-state index contributed by atoms with van der Waals surface area (Å²) in [5.41, 5.74) is 3.28. The molecule has 5 nitrogen and oxygen atoms in total. The molecule has 0 bridgehead atoms. The Balaban J connectivity index is 1.45. The van der Waals surface area contributed by atoms with Crippen LogP contribution >= 0.6 is 0 Å². The Labute approximate surface area is 146 Å². The minimum Gasteiger partial charge on any atom is -0.508 e. The maximum atomic E-state index is 12.5. The van der Waals surface area contributed by atoms with Gasteiger partial charge in [0.1, 0.15) is 12.4 Å². The minimum atomic E-state index is -0.684. The van der Waals surface area contributed by atoms with Crippen LogP contribution in [0.4, 0.5) is 0 Å². The van der Waals surface area contributed by atoms with E-state index in [1.807, 2.05) is 24.3 Å². The smallest absolute Gasteiger partial charge is 0.264 e. The molecule has 1 heterocycles. The molecule has 0 radical (unpaired) electrons. The fourth-order valence-electron chi connectivity index (χ4n) is 3.53. The molecular weight excluding hydrogens is 318 g/mol. The van der Waals surface area contributed by atoms with Crippen LogP contribution < -0.4 is 14.8 Å². The lowest BCUT2D eigenvalue weighted by Crippen LogP contribution is -2.43. The van der Waals surface area contributed by atoms with Gasteiger partial charge >= 0.3 is 0 Å². The van der Waals surface area contributed by atoms with Gasteiger partial charge in [0, 0.05) is 12.1 Å². The number of hydrogen-bond donors (Lipinski definition) is 2. The van der Waals surface area contributed by atoms with Crippen LogP contribution in [0.3, 0.4) is 0 Å². The van der Waals surface area contributed by atoms with Crippen molar-refractivity contribution < 1.29 is 19.4 Å². The number of benzene rings is 2. The van der Waals surface area contributed by atoms with Gasteiger partial charge < -0.3 is 19.9 Å². The van der Waals surface area contributed by atoms with Gasteiger partial charge in [-0.3, -0.25) is 4.79 Å². The van der Waals surface area contributed by atoms with Crippen LogP contribution in [0.25, 0.3) is 0 Å². The highest BCUT2D eigenvalue weighted by Gasteiger charge is 2.27. The lowest BCUT2D eigenvalue weighted by Gasteiger charge is -2.26. The number of hydrogen-bond acceptors (Lipinski definition) is 4. The molecule has 2 aliphatic rings.